The topological polar surface area (TPSA) is 29.3 Å². The minimum atomic E-state index is 0.304. The first-order valence-electron chi connectivity index (χ1n) is 8.71. The Kier molecular flexibility index (Phi) is 5.70. The van der Waals surface area contributed by atoms with Crippen LogP contribution in [0.25, 0.3) is 0 Å². The Labute approximate surface area is 120 Å². The lowest BCUT2D eigenvalue weighted by atomic mass is 9.73. The standard InChI is InChI=1S/C17H34N2/c1-3-5-11-17(4-2,14-18)19-12-10-15-8-6-7-9-16(15)13-19/h15-16H,3-14,18H2,1-2H3. The van der Waals surface area contributed by atoms with E-state index >= 15 is 0 Å². The van der Waals surface area contributed by atoms with Gasteiger partial charge in [0.1, 0.15) is 0 Å². The molecule has 2 fully saturated rings. The number of nitrogens with two attached hydrogens (primary N) is 1. The zero-order chi connectivity index (χ0) is 13.7. The summed E-state index contributed by atoms with van der Waals surface area (Å²) in [6, 6.07) is 0. The molecule has 1 saturated heterocycles. The predicted octanol–water partition coefficient (Wildman–Crippen LogP) is 3.80. The SMILES string of the molecule is CCCCC(CC)(CN)N1CCC2CCCCC2C1. The summed E-state index contributed by atoms with van der Waals surface area (Å²) in [5.41, 5.74) is 6.52. The second-order valence-electron chi connectivity index (χ2n) is 6.92. The van der Waals surface area contributed by atoms with Crippen LogP contribution in [-0.2, 0) is 0 Å². The summed E-state index contributed by atoms with van der Waals surface area (Å²) in [4.78, 5) is 2.79. The molecule has 3 atom stereocenters. The molecular weight excluding hydrogens is 232 g/mol. The Bertz CT molecular complexity index is 260. The minimum Gasteiger partial charge on any atom is -0.329 e. The van der Waals surface area contributed by atoms with Crippen LogP contribution in [0.3, 0.4) is 0 Å². The van der Waals surface area contributed by atoms with Gasteiger partial charge in [-0.15, -0.1) is 0 Å². The first-order valence-corrected chi connectivity index (χ1v) is 8.71. The maximum absolute atomic E-state index is 6.22. The number of rotatable bonds is 6. The molecule has 1 saturated carbocycles. The number of hydrogen-bond donors (Lipinski definition) is 1. The molecule has 0 radical (unpaired) electrons. The number of likely N-dealkylation sites (tertiary alicyclic amines) is 1. The van der Waals surface area contributed by atoms with E-state index in [4.69, 9.17) is 5.73 Å². The van der Waals surface area contributed by atoms with Crippen LogP contribution < -0.4 is 5.73 Å². The molecule has 0 spiro atoms. The van der Waals surface area contributed by atoms with E-state index in [2.05, 4.69) is 18.7 Å². The van der Waals surface area contributed by atoms with E-state index in [0.717, 1.165) is 18.4 Å². The van der Waals surface area contributed by atoms with Crippen molar-refractivity contribution >= 4 is 0 Å². The van der Waals surface area contributed by atoms with Gasteiger partial charge in [-0.3, -0.25) is 4.90 Å². The average Bonchev–Trinajstić information content (AvgIpc) is 2.49. The van der Waals surface area contributed by atoms with E-state index in [0.29, 0.717) is 5.54 Å². The molecule has 1 aliphatic heterocycles. The average molecular weight is 266 g/mol. The number of fused-ring (bicyclic) bond motifs is 1. The molecule has 1 heterocycles. The van der Waals surface area contributed by atoms with Gasteiger partial charge in [0.25, 0.3) is 0 Å². The van der Waals surface area contributed by atoms with E-state index in [1.165, 1.54) is 70.9 Å². The maximum atomic E-state index is 6.22. The molecular formula is C17H34N2. The third-order valence-corrected chi connectivity index (χ3v) is 6.00. The van der Waals surface area contributed by atoms with Crippen molar-refractivity contribution in [3.63, 3.8) is 0 Å². The van der Waals surface area contributed by atoms with E-state index in [1.807, 2.05) is 0 Å². The summed E-state index contributed by atoms with van der Waals surface area (Å²) < 4.78 is 0. The molecule has 0 aromatic carbocycles. The van der Waals surface area contributed by atoms with Crippen molar-refractivity contribution in [3.05, 3.63) is 0 Å². The first kappa shape index (κ1) is 15.3. The summed E-state index contributed by atoms with van der Waals surface area (Å²) in [7, 11) is 0. The van der Waals surface area contributed by atoms with Crippen molar-refractivity contribution in [1.82, 2.24) is 4.90 Å². The number of nitrogens with zero attached hydrogens (tertiary/aromatic N) is 1. The molecule has 0 amide bonds. The van der Waals surface area contributed by atoms with Crippen molar-refractivity contribution in [1.29, 1.82) is 0 Å². The van der Waals surface area contributed by atoms with Gasteiger partial charge in [-0.1, -0.05) is 46.0 Å². The fourth-order valence-electron chi connectivity index (χ4n) is 4.47. The van der Waals surface area contributed by atoms with Crippen LogP contribution in [0.2, 0.25) is 0 Å². The van der Waals surface area contributed by atoms with Gasteiger partial charge >= 0.3 is 0 Å². The molecule has 2 heteroatoms. The van der Waals surface area contributed by atoms with E-state index < -0.39 is 0 Å². The number of unbranched alkanes of at least 4 members (excludes halogenated alkanes) is 1. The summed E-state index contributed by atoms with van der Waals surface area (Å²) in [5, 5.41) is 0. The highest BCUT2D eigenvalue weighted by Gasteiger charge is 2.39. The molecule has 0 aromatic rings. The summed E-state index contributed by atoms with van der Waals surface area (Å²) in [5.74, 6) is 2.00. The quantitative estimate of drug-likeness (QED) is 0.792. The molecule has 2 aliphatic rings. The Morgan fingerprint density at radius 3 is 2.47 bits per heavy atom. The normalized spacial score (nSPS) is 31.7. The monoisotopic (exact) mass is 266 g/mol. The lowest BCUT2D eigenvalue weighted by Gasteiger charge is -2.50. The van der Waals surface area contributed by atoms with E-state index in [1.54, 1.807) is 0 Å². The van der Waals surface area contributed by atoms with Gasteiger partial charge in [0.15, 0.2) is 0 Å². The highest BCUT2D eigenvalue weighted by Crippen LogP contribution is 2.39. The van der Waals surface area contributed by atoms with Gasteiger partial charge < -0.3 is 5.73 Å². The van der Waals surface area contributed by atoms with Crippen molar-refractivity contribution < 1.29 is 0 Å². The van der Waals surface area contributed by atoms with Crippen molar-refractivity contribution in [3.8, 4) is 0 Å². The van der Waals surface area contributed by atoms with Crippen LogP contribution in [-0.4, -0.2) is 30.1 Å². The smallest absolute Gasteiger partial charge is 0.0329 e. The maximum Gasteiger partial charge on any atom is 0.0329 e. The van der Waals surface area contributed by atoms with Crippen LogP contribution in [0.1, 0.15) is 71.6 Å². The van der Waals surface area contributed by atoms with Crippen molar-refractivity contribution in [2.45, 2.75) is 77.2 Å². The largest absolute Gasteiger partial charge is 0.329 e. The Hall–Kier alpha value is -0.0800. The molecule has 19 heavy (non-hydrogen) atoms. The van der Waals surface area contributed by atoms with E-state index in [-0.39, 0.29) is 0 Å². The summed E-state index contributed by atoms with van der Waals surface area (Å²) in [6.45, 7) is 8.12. The summed E-state index contributed by atoms with van der Waals surface area (Å²) >= 11 is 0. The predicted molar refractivity (Wildman–Crippen MR) is 83.2 cm³/mol. The van der Waals surface area contributed by atoms with Gasteiger partial charge in [-0.2, -0.15) is 0 Å². The third-order valence-electron chi connectivity index (χ3n) is 6.00. The van der Waals surface area contributed by atoms with Gasteiger partial charge in [0.05, 0.1) is 0 Å². The molecule has 2 nitrogen and oxygen atoms in total. The Morgan fingerprint density at radius 2 is 1.84 bits per heavy atom. The zero-order valence-corrected chi connectivity index (χ0v) is 13.2. The van der Waals surface area contributed by atoms with Crippen LogP contribution in [0.4, 0.5) is 0 Å². The second-order valence-corrected chi connectivity index (χ2v) is 6.92. The molecule has 2 rings (SSSR count). The van der Waals surface area contributed by atoms with Crippen LogP contribution >= 0.6 is 0 Å². The third kappa shape index (κ3) is 3.33. The van der Waals surface area contributed by atoms with Crippen LogP contribution in [0, 0.1) is 11.8 Å². The highest BCUT2D eigenvalue weighted by atomic mass is 15.2. The highest BCUT2D eigenvalue weighted by molar-refractivity contribution is 4.95. The molecule has 0 aromatic heterocycles. The van der Waals surface area contributed by atoms with Gasteiger partial charge in [-0.05, 0) is 44.1 Å². The second kappa shape index (κ2) is 7.08. The van der Waals surface area contributed by atoms with Gasteiger partial charge in [-0.25, -0.2) is 0 Å². The lowest BCUT2D eigenvalue weighted by molar-refractivity contribution is -0.000542. The van der Waals surface area contributed by atoms with E-state index in [9.17, 15) is 0 Å². The van der Waals surface area contributed by atoms with Crippen LogP contribution in [0.15, 0.2) is 0 Å². The van der Waals surface area contributed by atoms with Crippen molar-refractivity contribution in [2.24, 2.45) is 17.6 Å². The lowest BCUT2D eigenvalue weighted by Crippen LogP contribution is -2.58. The fraction of sp³-hybridized carbons (Fsp3) is 1.00. The number of hydrogen-bond acceptors (Lipinski definition) is 2. The zero-order valence-electron chi connectivity index (χ0n) is 13.2. The Morgan fingerprint density at radius 1 is 1.11 bits per heavy atom. The summed E-state index contributed by atoms with van der Waals surface area (Å²) in [6.07, 6.45) is 12.5. The van der Waals surface area contributed by atoms with Gasteiger partial charge in [0, 0.05) is 18.6 Å². The van der Waals surface area contributed by atoms with Gasteiger partial charge in [0.2, 0.25) is 0 Å². The van der Waals surface area contributed by atoms with Crippen LogP contribution in [0.5, 0.6) is 0 Å². The molecule has 1 aliphatic carbocycles. The molecule has 3 unspecified atom stereocenters. The fourth-order valence-corrected chi connectivity index (χ4v) is 4.47. The molecule has 0 bridgehead atoms. The molecule has 2 N–H and O–H groups in total. The Balaban J connectivity index is 2.01. The minimum absolute atomic E-state index is 0.304. The van der Waals surface area contributed by atoms with Crippen molar-refractivity contribution in [2.75, 3.05) is 19.6 Å². The molecule has 112 valence electrons. The first-order chi connectivity index (χ1) is 9.25. The number of piperidine rings is 1.